The van der Waals surface area contributed by atoms with Gasteiger partial charge in [0.15, 0.2) is 0 Å². The van der Waals surface area contributed by atoms with E-state index < -0.39 is 11.8 Å². The molecule has 2 heterocycles. The zero-order chi connectivity index (χ0) is 21.4. The molecule has 8 nitrogen and oxygen atoms in total. The van der Waals surface area contributed by atoms with Crippen LogP contribution in [0.15, 0.2) is 23.5 Å². The molecule has 0 radical (unpaired) electrons. The second kappa shape index (κ2) is 7.40. The summed E-state index contributed by atoms with van der Waals surface area (Å²) < 4.78 is 0. The van der Waals surface area contributed by atoms with E-state index in [0.717, 1.165) is 11.4 Å². The highest BCUT2D eigenvalue weighted by atomic mass is 16.2. The van der Waals surface area contributed by atoms with Crippen LogP contribution >= 0.6 is 0 Å². The average molecular weight is 393 g/mol. The molecule has 2 rings (SSSR count). The van der Waals surface area contributed by atoms with E-state index in [1.807, 2.05) is 12.2 Å². The Morgan fingerprint density at radius 3 is 1.32 bits per heavy atom. The van der Waals surface area contributed by atoms with Crippen LogP contribution in [0.1, 0.15) is 68.2 Å². The SMILES string of the molecule is CC1(C)C=C(NNC(=O)C(=O)NNC2=CC(C)(C)NC(C)(C)C2)CC(C)(C)N1. The molecule has 0 unspecified atom stereocenters. The summed E-state index contributed by atoms with van der Waals surface area (Å²) in [6.07, 6.45) is 5.44. The topological polar surface area (TPSA) is 106 Å². The van der Waals surface area contributed by atoms with Gasteiger partial charge < -0.3 is 21.5 Å². The van der Waals surface area contributed by atoms with Gasteiger partial charge in [-0.25, -0.2) is 0 Å². The molecule has 0 saturated carbocycles. The van der Waals surface area contributed by atoms with Crippen molar-refractivity contribution in [3.05, 3.63) is 23.5 Å². The van der Waals surface area contributed by atoms with Gasteiger partial charge >= 0.3 is 11.8 Å². The Labute approximate surface area is 168 Å². The lowest BCUT2D eigenvalue weighted by molar-refractivity contribution is -0.140. The molecule has 0 aromatic carbocycles. The highest BCUT2D eigenvalue weighted by molar-refractivity contribution is 6.34. The molecule has 6 N–H and O–H groups in total. The van der Waals surface area contributed by atoms with Crippen LogP contribution in [0.2, 0.25) is 0 Å². The van der Waals surface area contributed by atoms with E-state index >= 15 is 0 Å². The second-order valence-corrected chi connectivity index (χ2v) is 10.3. The van der Waals surface area contributed by atoms with Gasteiger partial charge in [-0.15, -0.1) is 0 Å². The van der Waals surface area contributed by atoms with E-state index in [4.69, 9.17) is 0 Å². The maximum absolute atomic E-state index is 12.1. The summed E-state index contributed by atoms with van der Waals surface area (Å²) in [5, 5.41) is 7.02. The Balaban J connectivity index is 1.88. The summed E-state index contributed by atoms with van der Waals surface area (Å²) >= 11 is 0. The fraction of sp³-hybridized carbons (Fsp3) is 0.700. The minimum atomic E-state index is -0.754. The standard InChI is InChI=1S/C20H36N6O2/c1-17(2)9-13(10-18(3,4)25-17)21-23-15(27)16(28)24-22-14-11-19(5,6)26-20(7,8)12-14/h9,11,21-22,25-26H,10,12H2,1-8H3,(H,23,27)(H,24,28). The first-order valence-corrected chi connectivity index (χ1v) is 9.73. The first kappa shape index (κ1) is 22.2. The van der Waals surface area contributed by atoms with Crippen molar-refractivity contribution in [2.75, 3.05) is 0 Å². The molecule has 0 bridgehead atoms. The molecule has 2 amide bonds. The Kier molecular flexibility index (Phi) is 5.88. The van der Waals surface area contributed by atoms with Crippen LogP contribution in [-0.4, -0.2) is 34.0 Å². The molecule has 2 aliphatic rings. The number of nitrogens with one attached hydrogen (secondary N) is 6. The normalized spacial score (nSPS) is 24.3. The maximum Gasteiger partial charge on any atom is 0.329 e. The van der Waals surface area contributed by atoms with Crippen LogP contribution in [-0.2, 0) is 9.59 Å². The molecular weight excluding hydrogens is 356 g/mol. The van der Waals surface area contributed by atoms with Gasteiger partial charge in [0.1, 0.15) is 0 Å². The lowest BCUT2D eigenvalue weighted by Gasteiger charge is -2.41. The largest absolute Gasteiger partial charge is 0.329 e. The van der Waals surface area contributed by atoms with E-state index in [1.54, 1.807) is 0 Å². The molecule has 0 aliphatic carbocycles. The van der Waals surface area contributed by atoms with E-state index in [-0.39, 0.29) is 22.2 Å². The third-order valence-electron chi connectivity index (χ3n) is 4.54. The van der Waals surface area contributed by atoms with Crippen LogP contribution in [0.3, 0.4) is 0 Å². The Morgan fingerprint density at radius 1 is 0.714 bits per heavy atom. The van der Waals surface area contributed by atoms with Crippen molar-refractivity contribution in [2.45, 2.75) is 90.4 Å². The van der Waals surface area contributed by atoms with Crippen molar-refractivity contribution in [3.63, 3.8) is 0 Å². The summed E-state index contributed by atoms with van der Waals surface area (Å²) in [4.78, 5) is 24.3. The third-order valence-corrected chi connectivity index (χ3v) is 4.54. The van der Waals surface area contributed by atoms with Gasteiger partial charge in [0, 0.05) is 46.4 Å². The first-order valence-electron chi connectivity index (χ1n) is 9.73. The average Bonchev–Trinajstić information content (AvgIpc) is 2.44. The molecule has 0 spiro atoms. The number of carbonyl (C=O) groups excluding carboxylic acids is 2. The van der Waals surface area contributed by atoms with Gasteiger partial charge in [-0.2, -0.15) is 0 Å². The van der Waals surface area contributed by atoms with Crippen molar-refractivity contribution in [1.82, 2.24) is 32.3 Å². The monoisotopic (exact) mass is 392 g/mol. The maximum atomic E-state index is 12.1. The molecule has 28 heavy (non-hydrogen) atoms. The summed E-state index contributed by atoms with van der Waals surface area (Å²) in [6, 6.07) is 0. The minimum absolute atomic E-state index is 0.115. The van der Waals surface area contributed by atoms with Crippen molar-refractivity contribution < 1.29 is 9.59 Å². The fourth-order valence-corrected chi connectivity index (χ4v) is 4.38. The molecule has 8 heteroatoms. The summed E-state index contributed by atoms with van der Waals surface area (Å²) in [5.41, 5.74) is 11.8. The fourth-order valence-electron chi connectivity index (χ4n) is 4.38. The third kappa shape index (κ3) is 6.53. The smallest absolute Gasteiger partial charge is 0.303 e. The number of rotatable bonds is 4. The number of hydrogen-bond acceptors (Lipinski definition) is 6. The van der Waals surface area contributed by atoms with E-state index in [9.17, 15) is 9.59 Å². The number of hydrogen-bond donors (Lipinski definition) is 6. The van der Waals surface area contributed by atoms with Crippen molar-refractivity contribution in [1.29, 1.82) is 0 Å². The molecule has 2 aliphatic heterocycles. The Hall–Kier alpha value is -2.06. The summed E-state index contributed by atoms with van der Waals surface area (Å²) in [7, 11) is 0. The molecule has 0 aromatic heterocycles. The lowest BCUT2D eigenvalue weighted by atomic mass is 9.86. The minimum Gasteiger partial charge on any atom is -0.303 e. The lowest BCUT2D eigenvalue weighted by Crippen LogP contribution is -2.58. The number of carbonyl (C=O) groups is 2. The van der Waals surface area contributed by atoms with Crippen molar-refractivity contribution in [3.8, 4) is 0 Å². The molecular formula is C20H36N6O2. The van der Waals surface area contributed by atoms with Crippen LogP contribution in [0, 0.1) is 0 Å². The van der Waals surface area contributed by atoms with E-state index in [0.29, 0.717) is 12.8 Å². The van der Waals surface area contributed by atoms with Gasteiger partial charge in [0.25, 0.3) is 0 Å². The Bertz CT molecular complexity index is 643. The van der Waals surface area contributed by atoms with Gasteiger partial charge in [0.2, 0.25) is 0 Å². The van der Waals surface area contributed by atoms with Crippen LogP contribution in [0.4, 0.5) is 0 Å². The molecule has 0 saturated heterocycles. The molecule has 158 valence electrons. The predicted molar refractivity (Wildman–Crippen MR) is 111 cm³/mol. The van der Waals surface area contributed by atoms with E-state index in [1.165, 1.54) is 0 Å². The van der Waals surface area contributed by atoms with Gasteiger partial charge in [-0.1, -0.05) is 0 Å². The molecule has 0 atom stereocenters. The van der Waals surface area contributed by atoms with Gasteiger partial charge in [-0.05, 0) is 67.5 Å². The zero-order valence-corrected chi connectivity index (χ0v) is 18.4. The molecule has 0 fully saturated rings. The zero-order valence-electron chi connectivity index (χ0n) is 18.4. The van der Waals surface area contributed by atoms with Crippen LogP contribution < -0.4 is 32.3 Å². The van der Waals surface area contributed by atoms with Crippen LogP contribution in [0.5, 0.6) is 0 Å². The quantitative estimate of drug-likeness (QED) is 0.316. The summed E-state index contributed by atoms with van der Waals surface area (Å²) in [5.74, 6) is -1.51. The number of hydrazine groups is 2. The van der Waals surface area contributed by atoms with E-state index in [2.05, 4.69) is 87.7 Å². The van der Waals surface area contributed by atoms with Crippen LogP contribution in [0.25, 0.3) is 0 Å². The summed E-state index contributed by atoms with van der Waals surface area (Å²) in [6.45, 7) is 16.6. The van der Waals surface area contributed by atoms with Gasteiger partial charge in [0.05, 0.1) is 0 Å². The van der Waals surface area contributed by atoms with Crippen molar-refractivity contribution in [2.24, 2.45) is 0 Å². The number of amides is 2. The highest BCUT2D eigenvalue weighted by Gasteiger charge is 2.33. The van der Waals surface area contributed by atoms with Gasteiger partial charge in [-0.3, -0.25) is 20.4 Å². The first-order chi connectivity index (χ1) is 12.6. The second-order valence-electron chi connectivity index (χ2n) is 10.3. The van der Waals surface area contributed by atoms with Crippen molar-refractivity contribution >= 4 is 11.8 Å². The highest BCUT2D eigenvalue weighted by Crippen LogP contribution is 2.26. The predicted octanol–water partition coefficient (Wildman–Crippen LogP) is 1.10. The Morgan fingerprint density at radius 2 is 1.04 bits per heavy atom. The molecule has 0 aromatic rings.